The van der Waals surface area contributed by atoms with Crippen LogP contribution in [0.3, 0.4) is 0 Å². The maximum atomic E-state index is 12.9. The fourth-order valence-electron chi connectivity index (χ4n) is 3.62. The van der Waals surface area contributed by atoms with E-state index < -0.39 is 0 Å². The lowest BCUT2D eigenvalue weighted by molar-refractivity contribution is 0.102. The first-order valence-corrected chi connectivity index (χ1v) is 11.2. The summed E-state index contributed by atoms with van der Waals surface area (Å²) in [5.41, 5.74) is 3.54. The van der Waals surface area contributed by atoms with E-state index in [1.807, 2.05) is 32.0 Å². The summed E-state index contributed by atoms with van der Waals surface area (Å²) in [6.45, 7) is 4.62. The molecule has 0 radical (unpaired) electrons. The summed E-state index contributed by atoms with van der Waals surface area (Å²) < 4.78 is 0. The van der Waals surface area contributed by atoms with Gasteiger partial charge in [0.15, 0.2) is 0 Å². The zero-order valence-electron chi connectivity index (χ0n) is 17.2. The van der Waals surface area contributed by atoms with Crippen molar-refractivity contribution in [3.05, 3.63) is 68.6 Å². The molecule has 160 valence electrons. The topological polar surface area (TPSA) is 87.2 Å². The van der Waals surface area contributed by atoms with Gasteiger partial charge < -0.3 is 15.5 Å². The molecule has 1 aromatic heterocycles. The fraction of sp³-hybridized carbons (Fsp3) is 0.273. The summed E-state index contributed by atoms with van der Waals surface area (Å²) in [4.78, 5) is 27.2. The molecule has 1 atom stereocenters. The van der Waals surface area contributed by atoms with Gasteiger partial charge in [0.25, 0.3) is 5.91 Å². The van der Waals surface area contributed by atoms with Gasteiger partial charge in [0, 0.05) is 22.9 Å². The van der Waals surface area contributed by atoms with Crippen molar-refractivity contribution in [1.82, 2.24) is 15.1 Å². The molecule has 4 rings (SSSR count). The average molecular weight is 456 g/mol. The van der Waals surface area contributed by atoms with Crippen molar-refractivity contribution in [2.75, 3.05) is 17.2 Å². The largest absolute Gasteiger partial charge is 0.322 e. The molecule has 0 spiro atoms. The Hall–Kier alpha value is -2.97. The smallest absolute Gasteiger partial charge is 0.320 e. The van der Waals surface area contributed by atoms with E-state index in [2.05, 4.69) is 20.8 Å². The van der Waals surface area contributed by atoms with Gasteiger partial charge in [0.1, 0.15) is 5.01 Å². The molecular formula is C22H22ClN5O2S. The van der Waals surface area contributed by atoms with E-state index in [0.29, 0.717) is 22.3 Å². The van der Waals surface area contributed by atoms with Crippen molar-refractivity contribution in [1.29, 1.82) is 0 Å². The number of likely N-dealkylation sites (tertiary alicyclic amines) is 1. The number of aryl methyl sites for hydroxylation is 2. The van der Waals surface area contributed by atoms with Crippen LogP contribution in [-0.4, -0.2) is 33.6 Å². The molecule has 0 saturated carbocycles. The molecule has 1 aliphatic heterocycles. The second-order valence-electron chi connectivity index (χ2n) is 7.51. The number of nitrogens with zero attached hydrogens (tertiary/aromatic N) is 3. The van der Waals surface area contributed by atoms with Crippen LogP contribution in [0.5, 0.6) is 0 Å². The highest BCUT2D eigenvalue weighted by Crippen LogP contribution is 2.34. The van der Waals surface area contributed by atoms with Gasteiger partial charge >= 0.3 is 6.03 Å². The van der Waals surface area contributed by atoms with Gasteiger partial charge in [-0.05, 0) is 56.5 Å². The Morgan fingerprint density at radius 1 is 1.13 bits per heavy atom. The van der Waals surface area contributed by atoms with E-state index in [9.17, 15) is 9.59 Å². The maximum absolute atomic E-state index is 12.9. The molecule has 31 heavy (non-hydrogen) atoms. The van der Waals surface area contributed by atoms with Crippen LogP contribution in [-0.2, 0) is 0 Å². The van der Waals surface area contributed by atoms with Crippen LogP contribution in [0.4, 0.5) is 16.2 Å². The van der Waals surface area contributed by atoms with Gasteiger partial charge in [-0.3, -0.25) is 4.79 Å². The van der Waals surface area contributed by atoms with E-state index >= 15 is 0 Å². The number of anilines is 2. The van der Waals surface area contributed by atoms with Crippen molar-refractivity contribution in [3.8, 4) is 0 Å². The first-order chi connectivity index (χ1) is 14.9. The highest BCUT2D eigenvalue weighted by Gasteiger charge is 2.33. The Kier molecular flexibility index (Phi) is 6.20. The van der Waals surface area contributed by atoms with Gasteiger partial charge in [-0.1, -0.05) is 46.7 Å². The molecule has 0 aliphatic carbocycles. The predicted octanol–water partition coefficient (Wildman–Crippen LogP) is 5.43. The maximum Gasteiger partial charge on any atom is 0.322 e. The fourth-order valence-corrected chi connectivity index (χ4v) is 4.70. The number of benzene rings is 2. The number of urea groups is 1. The number of carbonyl (C=O) groups is 2. The molecule has 2 aromatic carbocycles. The number of nitrogens with one attached hydrogen (secondary N) is 2. The second kappa shape index (κ2) is 9.03. The van der Waals surface area contributed by atoms with Gasteiger partial charge in [-0.2, -0.15) is 0 Å². The van der Waals surface area contributed by atoms with Crippen molar-refractivity contribution in [3.63, 3.8) is 0 Å². The Bertz CT molecular complexity index is 1130. The van der Waals surface area contributed by atoms with Crippen LogP contribution in [0.25, 0.3) is 0 Å². The molecule has 2 N–H and O–H groups in total. The second-order valence-corrected chi connectivity index (χ2v) is 8.96. The molecule has 3 amide bonds. The highest BCUT2D eigenvalue weighted by atomic mass is 35.5. The SMILES string of the molecule is Cc1ccc(NC(=O)N2CCCC2c2nnc(C(=O)Nc3cccc(Cl)c3)s2)c(C)c1. The standard InChI is InChI=1S/C22H22ClN5O2S/c1-13-8-9-17(14(2)11-13)25-22(30)28-10-4-7-18(28)20-26-27-21(31-20)19(29)24-16-6-3-5-15(23)12-16/h3,5-6,8-9,11-12,18H,4,7,10H2,1-2H3,(H,24,29)(H,25,30). The number of amides is 3. The van der Waals surface area contributed by atoms with Crippen LogP contribution in [0.15, 0.2) is 42.5 Å². The van der Waals surface area contributed by atoms with Crippen molar-refractivity contribution in [2.24, 2.45) is 0 Å². The lowest BCUT2D eigenvalue weighted by atomic mass is 10.1. The van der Waals surface area contributed by atoms with E-state index in [0.717, 1.165) is 29.7 Å². The summed E-state index contributed by atoms with van der Waals surface area (Å²) in [6, 6.07) is 12.5. The Labute approximate surface area is 189 Å². The highest BCUT2D eigenvalue weighted by molar-refractivity contribution is 7.13. The number of hydrogen-bond acceptors (Lipinski definition) is 5. The van der Waals surface area contributed by atoms with Crippen molar-refractivity contribution in [2.45, 2.75) is 32.7 Å². The van der Waals surface area contributed by atoms with Crippen molar-refractivity contribution < 1.29 is 9.59 Å². The zero-order valence-corrected chi connectivity index (χ0v) is 18.8. The number of halogens is 1. The quantitative estimate of drug-likeness (QED) is 0.549. The summed E-state index contributed by atoms with van der Waals surface area (Å²) in [5.74, 6) is -0.352. The minimum Gasteiger partial charge on any atom is -0.320 e. The third kappa shape index (κ3) is 4.86. The summed E-state index contributed by atoms with van der Waals surface area (Å²) in [7, 11) is 0. The van der Waals surface area contributed by atoms with E-state index in [1.54, 1.807) is 29.2 Å². The first-order valence-electron chi connectivity index (χ1n) is 9.96. The first kappa shape index (κ1) is 21.3. The van der Waals surface area contributed by atoms with Crippen LogP contribution < -0.4 is 10.6 Å². The van der Waals surface area contributed by atoms with Crippen LogP contribution in [0.1, 0.15) is 44.8 Å². The average Bonchev–Trinajstić information content (AvgIpc) is 3.39. The van der Waals surface area contributed by atoms with E-state index in [1.165, 1.54) is 11.3 Å². The third-order valence-electron chi connectivity index (χ3n) is 5.14. The summed E-state index contributed by atoms with van der Waals surface area (Å²) in [5, 5.41) is 15.5. The number of aromatic nitrogens is 2. The Balaban J connectivity index is 1.46. The van der Waals surface area contributed by atoms with E-state index in [-0.39, 0.29) is 23.0 Å². The molecule has 3 aromatic rings. The van der Waals surface area contributed by atoms with Crippen LogP contribution >= 0.6 is 22.9 Å². The third-order valence-corrected chi connectivity index (χ3v) is 6.40. The zero-order chi connectivity index (χ0) is 22.0. The van der Waals surface area contributed by atoms with Gasteiger partial charge in [-0.15, -0.1) is 10.2 Å². The number of carbonyl (C=O) groups excluding carboxylic acids is 2. The molecule has 0 bridgehead atoms. The predicted molar refractivity (Wildman–Crippen MR) is 123 cm³/mol. The molecule has 1 unspecified atom stereocenters. The number of rotatable bonds is 4. The molecule has 1 saturated heterocycles. The molecule has 7 nitrogen and oxygen atoms in total. The normalized spacial score (nSPS) is 15.7. The Morgan fingerprint density at radius 2 is 1.97 bits per heavy atom. The molecular weight excluding hydrogens is 434 g/mol. The van der Waals surface area contributed by atoms with Gasteiger partial charge in [0.05, 0.1) is 6.04 Å². The van der Waals surface area contributed by atoms with Gasteiger partial charge in [-0.25, -0.2) is 4.79 Å². The van der Waals surface area contributed by atoms with Crippen molar-refractivity contribution >= 4 is 46.3 Å². The molecule has 9 heteroatoms. The minimum atomic E-state index is -0.352. The summed E-state index contributed by atoms with van der Waals surface area (Å²) in [6.07, 6.45) is 1.65. The van der Waals surface area contributed by atoms with Crippen LogP contribution in [0.2, 0.25) is 5.02 Å². The monoisotopic (exact) mass is 455 g/mol. The van der Waals surface area contributed by atoms with Crippen LogP contribution in [0, 0.1) is 13.8 Å². The molecule has 1 aliphatic rings. The molecule has 1 fully saturated rings. The minimum absolute atomic E-state index is 0.172. The lowest BCUT2D eigenvalue weighted by Gasteiger charge is -2.23. The van der Waals surface area contributed by atoms with Gasteiger partial charge in [0.2, 0.25) is 5.01 Å². The number of hydrogen-bond donors (Lipinski definition) is 2. The van der Waals surface area contributed by atoms with E-state index in [4.69, 9.17) is 11.6 Å². The lowest BCUT2D eigenvalue weighted by Crippen LogP contribution is -2.34. The Morgan fingerprint density at radius 3 is 2.74 bits per heavy atom. The summed E-state index contributed by atoms with van der Waals surface area (Å²) >= 11 is 7.17. The molecule has 2 heterocycles.